The molecule has 2 heterocycles. The number of rotatable bonds is 5. The van der Waals surface area contributed by atoms with Crippen LogP contribution in [0.25, 0.3) is 11.3 Å². The first-order chi connectivity index (χ1) is 12.0. The van der Waals surface area contributed by atoms with Gasteiger partial charge in [-0.1, -0.05) is 12.1 Å². The number of benzene rings is 1. The van der Waals surface area contributed by atoms with Crippen molar-refractivity contribution >= 4 is 5.91 Å². The van der Waals surface area contributed by atoms with Crippen molar-refractivity contribution in [3.8, 4) is 11.3 Å². The molecule has 1 amide bonds. The number of amides is 1. The first kappa shape index (κ1) is 16.9. The van der Waals surface area contributed by atoms with Crippen molar-refractivity contribution < 1.29 is 9.18 Å². The number of aromatic amines is 1. The Kier molecular flexibility index (Phi) is 4.65. The van der Waals surface area contributed by atoms with Gasteiger partial charge in [0.2, 0.25) is 0 Å². The highest BCUT2D eigenvalue weighted by molar-refractivity contribution is 5.99. The van der Waals surface area contributed by atoms with Crippen LogP contribution < -0.4 is 5.32 Å². The molecular weight excluding hydrogens is 321 g/mol. The molecule has 0 saturated carbocycles. The number of carbonyl (C=O) groups is 1. The molecule has 1 unspecified atom stereocenters. The second-order valence-electron chi connectivity index (χ2n) is 6.18. The summed E-state index contributed by atoms with van der Waals surface area (Å²) in [5.74, 6) is -0.733. The molecular formula is C18H20FN5O. The quantitative estimate of drug-likeness (QED) is 0.746. The van der Waals surface area contributed by atoms with E-state index in [0.717, 1.165) is 5.56 Å². The lowest BCUT2D eigenvalue weighted by atomic mass is 10.1. The van der Waals surface area contributed by atoms with E-state index < -0.39 is 5.82 Å². The van der Waals surface area contributed by atoms with Crippen LogP contribution in [0.4, 0.5) is 4.39 Å². The van der Waals surface area contributed by atoms with Crippen molar-refractivity contribution in [3.05, 3.63) is 59.8 Å². The lowest BCUT2D eigenvalue weighted by Crippen LogP contribution is -2.26. The molecule has 1 atom stereocenters. The minimum Gasteiger partial charge on any atom is -0.345 e. The molecule has 7 heteroatoms. The summed E-state index contributed by atoms with van der Waals surface area (Å²) in [4.78, 5) is 12.6. The Hall–Kier alpha value is -2.96. The van der Waals surface area contributed by atoms with E-state index in [1.807, 2.05) is 31.6 Å². The summed E-state index contributed by atoms with van der Waals surface area (Å²) in [5, 5.41) is 13.8. The van der Waals surface area contributed by atoms with Crippen molar-refractivity contribution in [2.75, 3.05) is 0 Å². The smallest absolute Gasteiger partial charge is 0.255 e. The van der Waals surface area contributed by atoms with Crippen molar-refractivity contribution in [1.29, 1.82) is 0 Å². The lowest BCUT2D eigenvalue weighted by molar-refractivity contribution is 0.0940. The second kappa shape index (κ2) is 6.88. The molecule has 0 aliphatic rings. The highest BCUT2D eigenvalue weighted by Gasteiger charge is 2.20. The molecule has 0 radical (unpaired) electrons. The Bertz CT molecular complexity index is 883. The molecule has 0 fully saturated rings. The number of carbonyl (C=O) groups excluding carboxylic acids is 1. The van der Waals surface area contributed by atoms with E-state index >= 15 is 0 Å². The number of nitrogens with zero attached hydrogens (tertiary/aromatic N) is 3. The maximum atomic E-state index is 14.0. The Morgan fingerprint density at radius 2 is 2.00 bits per heavy atom. The minimum absolute atomic E-state index is 0.233. The van der Waals surface area contributed by atoms with Gasteiger partial charge < -0.3 is 5.32 Å². The fourth-order valence-electron chi connectivity index (χ4n) is 2.54. The van der Waals surface area contributed by atoms with Crippen LogP contribution >= 0.6 is 0 Å². The van der Waals surface area contributed by atoms with Gasteiger partial charge in [-0.15, -0.1) is 0 Å². The van der Waals surface area contributed by atoms with Gasteiger partial charge in [-0.3, -0.25) is 14.6 Å². The molecule has 2 N–H and O–H groups in total. The molecule has 25 heavy (non-hydrogen) atoms. The Balaban J connectivity index is 1.80. The van der Waals surface area contributed by atoms with Gasteiger partial charge in [0, 0.05) is 23.4 Å². The molecule has 0 aliphatic carbocycles. The van der Waals surface area contributed by atoms with Crippen molar-refractivity contribution in [2.45, 2.75) is 32.9 Å². The van der Waals surface area contributed by atoms with E-state index in [1.165, 1.54) is 12.3 Å². The van der Waals surface area contributed by atoms with Crippen LogP contribution in [0.3, 0.4) is 0 Å². The largest absolute Gasteiger partial charge is 0.345 e. The van der Waals surface area contributed by atoms with Crippen LogP contribution in [0.1, 0.15) is 48.8 Å². The molecule has 0 saturated heterocycles. The van der Waals surface area contributed by atoms with Crippen molar-refractivity contribution in [3.63, 3.8) is 0 Å². The van der Waals surface area contributed by atoms with Gasteiger partial charge in [0.15, 0.2) is 0 Å². The predicted octanol–water partition coefficient (Wildman–Crippen LogP) is 3.48. The number of H-pyrrole nitrogens is 1. The molecule has 0 spiro atoms. The van der Waals surface area contributed by atoms with E-state index in [-0.39, 0.29) is 18.0 Å². The van der Waals surface area contributed by atoms with Gasteiger partial charge in [-0.05, 0) is 32.9 Å². The van der Waals surface area contributed by atoms with Gasteiger partial charge in [0.1, 0.15) is 5.82 Å². The summed E-state index contributed by atoms with van der Waals surface area (Å²) in [6.45, 7) is 5.95. The average molecular weight is 341 g/mol. The molecule has 3 rings (SSSR count). The second-order valence-corrected chi connectivity index (χ2v) is 6.18. The van der Waals surface area contributed by atoms with Crippen molar-refractivity contribution in [2.24, 2.45) is 0 Å². The highest BCUT2D eigenvalue weighted by Crippen LogP contribution is 2.24. The van der Waals surface area contributed by atoms with Crippen LogP contribution in [0.15, 0.2) is 42.9 Å². The van der Waals surface area contributed by atoms with Crippen molar-refractivity contribution in [1.82, 2.24) is 25.3 Å². The molecule has 130 valence electrons. The summed E-state index contributed by atoms with van der Waals surface area (Å²) in [6, 6.07) is 6.28. The number of hydrogen-bond acceptors (Lipinski definition) is 3. The van der Waals surface area contributed by atoms with Gasteiger partial charge in [-0.25, -0.2) is 4.39 Å². The van der Waals surface area contributed by atoms with E-state index in [0.29, 0.717) is 16.8 Å². The maximum Gasteiger partial charge on any atom is 0.255 e. The molecule has 6 nitrogen and oxygen atoms in total. The SMILES string of the molecule is CC(NC(=O)c1cn[nH]c1-c1ccccc1F)c1cnn(C(C)C)c1. The Morgan fingerprint density at radius 3 is 2.68 bits per heavy atom. The van der Waals surface area contributed by atoms with Gasteiger partial charge >= 0.3 is 0 Å². The molecule has 1 aromatic carbocycles. The Labute approximate surface area is 145 Å². The first-order valence-electron chi connectivity index (χ1n) is 8.10. The predicted molar refractivity (Wildman–Crippen MR) is 92.5 cm³/mol. The number of nitrogens with one attached hydrogen (secondary N) is 2. The highest BCUT2D eigenvalue weighted by atomic mass is 19.1. The lowest BCUT2D eigenvalue weighted by Gasteiger charge is -2.12. The molecule has 3 aromatic rings. The standard InChI is InChI=1S/C18H20FN5O/c1-11(2)24-10-13(8-21-24)12(3)22-18(25)15-9-20-23-17(15)14-6-4-5-7-16(14)19/h4-12H,1-3H3,(H,20,23)(H,22,25). The maximum absolute atomic E-state index is 14.0. The fourth-order valence-corrected chi connectivity index (χ4v) is 2.54. The third kappa shape index (κ3) is 3.45. The van der Waals surface area contributed by atoms with Crippen LogP contribution in [-0.4, -0.2) is 25.9 Å². The van der Waals surface area contributed by atoms with Crippen LogP contribution in [0.2, 0.25) is 0 Å². The topological polar surface area (TPSA) is 75.6 Å². The molecule has 0 aliphatic heterocycles. The number of aromatic nitrogens is 4. The molecule has 2 aromatic heterocycles. The Morgan fingerprint density at radius 1 is 1.24 bits per heavy atom. The normalized spacial score (nSPS) is 12.4. The van der Waals surface area contributed by atoms with E-state index in [9.17, 15) is 9.18 Å². The van der Waals surface area contributed by atoms with Gasteiger partial charge in [0.25, 0.3) is 5.91 Å². The number of halogens is 1. The van der Waals surface area contributed by atoms with Crippen LogP contribution in [0.5, 0.6) is 0 Å². The van der Waals surface area contributed by atoms with Gasteiger partial charge in [0.05, 0.1) is 29.7 Å². The zero-order valence-electron chi connectivity index (χ0n) is 14.3. The minimum atomic E-state index is -0.410. The summed E-state index contributed by atoms with van der Waals surface area (Å²) in [6.07, 6.45) is 5.04. The fraction of sp³-hybridized carbons (Fsp3) is 0.278. The first-order valence-corrected chi connectivity index (χ1v) is 8.10. The summed E-state index contributed by atoms with van der Waals surface area (Å²) < 4.78 is 15.8. The monoisotopic (exact) mass is 341 g/mol. The zero-order chi connectivity index (χ0) is 18.0. The van der Waals surface area contributed by atoms with Gasteiger partial charge in [-0.2, -0.15) is 10.2 Å². The van der Waals surface area contributed by atoms with E-state index in [1.54, 1.807) is 24.4 Å². The van der Waals surface area contributed by atoms with Crippen LogP contribution in [0, 0.1) is 5.82 Å². The van der Waals surface area contributed by atoms with Crippen LogP contribution in [-0.2, 0) is 0 Å². The van der Waals surface area contributed by atoms with E-state index in [2.05, 4.69) is 20.6 Å². The third-order valence-electron chi connectivity index (χ3n) is 4.03. The average Bonchev–Trinajstić information content (AvgIpc) is 3.25. The van der Waals surface area contributed by atoms with E-state index in [4.69, 9.17) is 0 Å². The summed E-state index contributed by atoms with van der Waals surface area (Å²) in [7, 11) is 0. The zero-order valence-corrected chi connectivity index (χ0v) is 14.3. The number of hydrogen-bond donors (Lipinski definition) is 2. The third-order valence-corrected chi connectivity index (χ3v) is 4.03. The molecule has 0 bridgehead atoms. The summed E-state index contributed by atoms with van der Waals surface area (Å²) >= 11 is 0. The summed E-state index contributed by atoms with van der Waals surface area (Å²) in [5.41, 5.74) is 1.87.